The summed E-state index contributed by atoms with van der Waals surface area (Å²) < 4.78 is 16.4. The number of nitro groups is 1. The SMILES string of the molecule is COc1ccc(-c2c(O)c(OC)cc3c2CN(CCc2ccc([N+](=O)[O-])cc2)CC3)c(OC)c1. The molecule has 1 heterocycles. The van der Waals surface area contributed by atoms with Crippen LogP contribution in [0.5, 0.6) is 23.0 Å². The molecule has 1 aliphatic rings. The van der Waals surface area contributed by atoms with Gasteiger partial charge >= 0.3 is 0 Å². The molecule has 34 heavy (non-hydrogen) atoms. The molecule has 0 unspecified atom stereocenters. The summed E-state index contributed by atoms with van der Waals surface area (Å²) in [4.78, 5) is 12.8. The van der Waals surface area contributed by atoms with Crippen LogP contribution in [-0.4, -0.2) is 49.3 Å². The fourth-order valence-electron chi connectivity index (χ4n) is 4.44. The zero-order chi connectivity index (χ0) is 24.2. The number of phenols is 1. The minimum absolute atomic E-state index is 0.0851. The molecular formula is C26H28N2O6. The molecule has 0 spiro atoms. The number of nitrogens with zero attached hydrogens (tertiary/aromatic N) is 2. The predicted octanol–water partition coefficient (Wildman–Crippen LogP) is 4.59. The second-order valence-corrected chi connectivity index (χ2v) is 8.21. The van der Waals surface area contributed by atoms with Crippen LogP contribution in [0.3, 0.4) is 0 Å². The van der Waals surface area contributed by atoms with Gasteiger partial charge in [-0.05, 0) is 47.7 Å². The van der Waals surface area contributed by atoms with Gasteiger partial charge in [0.15, 0.2) is 11.5 Å². The fraction of sp³-hybridized carbons (Fsp3) is 0.308. The van der Waals surface area contributed by atoms with Gasteiger partial charge in [0.2, 0.25) is 0 Å². The minimum atomic E-state index is -0.388. The summed E-state index contributed by atoms with van der Waals surface area (Å²) in [6, 6.07) is 14.1. The number of hydrogen-bond acceptors (Lipinski definition) is 7. The topological polar surface area (TPSA) is 94.3 Å². The van der Waals surface area contributed by atoms with Gasteiger partial charge in [-0.15, -0.1) is 0 Å². The first-order valence-electron chi connectivity index (χ1n) is 11.0. The molecule has 178 valence electrons. The van der Waals surface area contributed by atoms with Crippen molar-refractivity contribution in [3.05, 3.63) is 75.3 Å². The fourth-order valence-corrected chi connectivity index (χ4v) is 4.44. The highest BCUT2D eigenvalue weighted by Gasteiger charge is 2.26. The van der Waals surface area contributed by atoms with Crippen LogP contribution < -0.4 is 14.2 Å². The number of nitro benzene ring substituents is 1. The zero-order valence-corrected chi connectivity index (χ0v) is 19.5. The number of phenolic OH excluding ortho intramolecular Hbond substituents is 1. The summed E-state index contributed by atoms with van der Waals surface area (Å²) in [5, 5.41) is 22.0. The average Bonchev–Trinajstić information content (AvgIpc) is 2.87. The van der Waals surface area contributed by atoms with Crippen LogP contribution in [0, 0.1) is 10.1 Å². The molecule has 0 aliphatic carbocycles. The van der Waals surface area contributed by atoms with E-state index >= 15 is 0 Å². The van der Waals surface area contributed by atoms with Gasteiger partial charge in [0.25, 0.3) is 5.69 Å². The van der Waals surface area contributed by atoms with E-state index in [1.165, 1.54) is 0 Å². The smallest absolute Gasteiger partial charge is 0.269 e. The maximum atomic E-state index is 11.1. The third-order valence-corrected chi connectivity index (χ3v) is 6.31. The molecular weight excluding hydrogens is 436 g/mol. The number of fused-ring (bicyclic) bond motifs is 1. The Kier molecular flexibility index (Phi) is 6.88. The Morgan fingerprint density at radius 1 is 1.00 bits per heavy atom. The van der Waals surface area contributed by atoms with E-state index in [9.17, 15) is 15.2 Å². The normalized spacial score (nSPS) is 13.3. The van der Waals surface area contributed by atoms with E-state index in [-0.39, 0.29) is 16.4 Å². The quantitative estimate of drug-likeness (QED) is 0.385. The van der Waals surface area contributed by atoms with Crippen LogP contribution in [0.4, 0.5) is 5.69 Å². The highest BCUT2D eigenvalue weighted by molar-refractivity contribution is 5.82. The standard InChI is InChI=1S/C26H28N2O6/c1-32-20-8-9-21(23(15-20)33-2)25-22-16-27(13-11-18(22)14-24(34-3)26(25)29)12-10-17-4-6-19(7-5-17)28(30)31/h4-9,14-15,29H,10-13,16H2,1-3H3. The Hall–Kier alpha value is -3.78. The second-order valence-electron chi connectivity index (χ2n) is 8.21. The average molecular weight is 465 g/mol. The van der Waals surface area contributed by atoms with Crippen LogP contribution in [0.2, 0.25) is 0 Å². The monoisotopic (exact) mass is 464 g/mol. The molecule has 8 heteroatoms. The second kappa shape index (κ2) is 10.0. The third-order valence-electron chi connectivity index (χ3n) is 6.31. The van der Waals surface area contributed by atoms with Gasteiger partial charge in [-0.25, -0.2) is 0 Å². The largest absolute Gasteiger partial charge is 0.504 e. The molecule has 0 fully saturated rings. The lowest BCUT2D eigenvalue weighted by Gasteiger charge is -2.31. The molecule has 1 N–H and O–H groups in total. The minimum Gasteiger partial charge on any atom is -0.504 e. The summed E-state index contributed by atoms with van der Waals surface area (Å²) in [5.74, 6) is 1.79. The Labute approximate surface area is 198 Å². The van der Waals surface area contributed by atoms with Crippen molar-refractivity contribution in [1.29, 1.82) is 0 Å². The summed E-state index contributed by atoms with van der Waals surface area (Å²) in [6.07, 6.45) is 1.59. The number of ether oxygens (including phenoxy) is 3. The Balaban J connectivity index is 1.64. The van der Waals surface area contributed by atoms with E-state index in [2.05, 4.69) is 4.90 Å². The molecule has 1 aliphatic heterocycles. The lowest BCUT2D eigenvalue weighted by atomic mass is 9.89. The van der Waals surface area contributed by atoms with Crippen molar-refractivity contribution < 1.29 is 24.2 Å². The Morgan fingerprint density at radius 2 is 1.74 bits per heavy atom. The first kappa shape index (κ1) is 23.4. The van der Waals surface area contributed by atoms with Gasteiger partial charge in [-0.3, -0.25) is 15.0 Å². The number of rotatable bonds is 8. The van der Waals surface area contributed by atoms with Crippen LogP contribution in [0.25, 0.3) is 11.1 Å². The molecule has 0 radical (unpaired) electrons. The van der Waals surface area contributed by atoms with E-state index in [0.29, 0.717) is 29.4 Å². The van der Waals surface area contributed by atoms with Gasteiger partial charge in [0.1, 0.15) is 11.5 Å². The maximum absolute atomic E-state index is 11.1. The molecule has 0 bridgehead atoms. The van der Waals surface area contributed by atoms with Crippen molar-refractivity contribution in [2.24, 2.45) is 0 Å². The lowest BCUT2D eigenvalue weighted by Crippen LogP contribution is -2.32. The van der Waals surface area contributed by atoms with Gasteiger partial charge < -0.3 is 19.3 Å². The molecule has 0 atom stereocenters. The van der Waals surface area contributed by atoms with Crippen molar-refractivity contribution in [2.75, 3.05) is 34.4 Å². The molecule has 3 aromatic rings. The van der Waals surface area contributed by atoms with Crippen molar-refractivity contribution in [3.63, 3.8) is 0 Å². The van der Waals surface area contributed by atoms with E-state index in [4.69, 9.17) is 14.2 Å². The van der Waals surface area contributed by atoms with Crippen LogP contribution in [0.15, 0.2) is 48.5 Å². The summed E-state index contributed by atoms with van der Waals surface area (Å²) in [5.41, 5.74) is 4.79. The molecule has 0 amide bonds. The van der Waals surface area contributed by atoms with E-state index in [1.54, 1.807) is 51.7 Å². The van der Waals surface area contributed by atoms with E-state index < -0.39 is 0 Å². The van der Waals surface area contributed by atoms with Gasteiger partial charge in [0, 0.05) is 49.0 Å². The zero-order valence-electron chi connectivity index (χ0n) is 19.5. The Morgan fingerprint density at radius 3 is 2.38 bits per heavy atom. The molecule has 8 nitrogen and oxygen atoms in total. The van der Waals surface area contributed by atoms with Crippen molar-refractivity contribution in [1.82, 2.24) is 4.90 Å². The van der Waals surface area contributed by atoms with Crippen molar-refractivity contribution in [3.8, 4) is 34.1 Å². The number of methoxy groups -OCH3 is 3. The number of aromatic hydroxyl groups is 1. The summed E-state index contributed by atoms with van der Waals surface area (Å²) in [7, 11) is 4.75. The predicted molar refractivity (Wildman–Crippen MR) is 129 cm³/mol. The van der Waals surface area contributed by atoms with Crippen molar-refractivity contribution in [2.45, 2.75) is 19.4 Å². The van der Waals surface area contributed by atoms with Gasteiger partial charge in [0.05, 0.1) is 26.3 Å². The first-order chi connectivity index (χ1) is 16.4. The van der Waals surface area contributed by atoms with Gasteiger partial charge in [-0.2, -0.15) is 0 Å². The highest BCUT2D eigenvalue weighted by atomic mass is 16.6. The van der Waals surface area contributed by atoms with Crippen LogP contribution in [-0.2, 0) is 19.4 Å². The molecule has 0 aromatic heterocycles. The van der Waals surface area contributed by atoms with E-state index in [0.717, 1.165) is 48.2 Å². The number of benzene rings is 3. The number of non-ortho nitro benzene ring substituents is 1. The molecule has 3 aromatic carbocycles. The van der Waals surface area contributed by atoms with Crippen LogP contribution in [0.1, 0.15) is 16.7 Å². The summed E-state index contributed by atoms with van der Waals surface area (Å²) >= 11 is 0. The van der Waals surface area contributed by atoms with E-state index in [1.807, 2.05) is 18.2 Å². The molecule has 0 saturated heterocycles. The lowest BCUT2D eigenvalue weighted by molar-refractivity contribution is -0.384. The number of hydrogen-bond donors (Lipinski definition) is 1. The highest BCUT2D eigenvalue weighted by Crippen LogP contribution is 2.47. The first-order valence-corrected chi connectivity index (χ1v) is 11.0. The van der Waals surface area contributed by atoms with Crippen molar-refractivity contribution >= 4 is 5.69 Å². The Bertz CT molecular complexity index is 1190. The third kappa shape index (κ3) is 4.63. The molecule has 4 rings (SSSR count). The van der Waals surface area contributed by atoms with Crippen LogP contribution >= 0.6 is 0 Å². The molecule has 0 saturated carbocycles. The van der Waals surface area contributed by atoms with Gasteiger partial charge in [-0.1, -0.05) is 12.1 Å². The summed E-state index contributed by atoms with van der Waals surface area (Å²) in [6.45, 7) is 2.32. The maximum Gasteiger partial charge on any atom is 0.269 e.